The molecule has 24 heavy (non-hydrogen) atoms. The van der Waals surface area contributed by atoms with Crippen molar-refractivity contribution in [1.82, 2.24) is 15.0 Å². The van der Waals surface area contributed by atoms with Crippen molar-refractivity contribution in [2.75, 3.05) is 23.4 Å². The lowest BCUT2D eigenvalue weighted by atomic mass is 10.2. The Kier molecular flexibility index (Phi) is 4.03. The summed E-state index contributed by atoms with van der Waals surface area (Å²) in [5, 5.41) is 13.7. The zero-order chi connectivity index (χ0) is 16.5. The van der Waals surface area contributed by atoms with Crippen LogP contribution in [-0.4, -0.2) is 39.3 Å². The Morgan fingerprint density at radius 2 is 2.12 bits per heavy atom. The Morgan fingerprint density at radius 3 is 2.92 bits per heavy atom. The molecule has 0 radical (unpaired) electrons. The number of fused-ring (bicyclic) bond motifs is 1. The molecule has 7 heteroatoms. The second-order valence-corrected chi connectivity index (χ2v) is 7.01. The average molecular weight is 341 g/mol. The van der Waals surface area contributed by atoms with Crippen LogP contribution >= 0.6 is 11.3 Å². The number of aryl methyl sites for hydroxylation is 1. The van der Waals surface area contributed by atoms with E-state index in [1.807, 2.05) is 12.1 Å². The maximum atomic E-state index is 9.58. The first-order chi connectivity index (χ1) is 11.7. The highest BCUT2D eigenvalue weighted by molar-refractivity contribution is 7.21. The van der Waals surface area contributed by atoms with Crippen LogP contribution in [0.5, 0.6) is 0 Å². The topological polar surface area (TPSA) is 74.2 Å². The number of aliphatic hydroxyl groups excluding tert-OH is 1. The van der Waals surface area contributed by atoms with Gasteiger partial charge in [0.05, 0.1) is 12.6 Å². The van der Waals surface area contributed by atoms with Crippen molar-refractivity contribution < 1.29 is 5.11 Å². The summed E-state index contributed by atoms with van der Waals surface area (Å²) in [7, 11) is 0. The van der Waals surface area contributed by atoms with Gasteiger partial charge in [-0.15, -0.1) is 0 Å². The molecule has 0 unspecified atom stereocenters. The summed E-state index contributed by atoms with van der Waals surface area (Å²) in [6, 6.07) is 8.33. The minimum Gasteiger partial charge on any atom is -0.394 e. The highest BCUT2D eigenvalue weighted by Crippen LogP contribution is 2.34. The van der Waals surface area contributed by atoms with E-state index in [9.17, 15) is 5.11 Å². The van der Waals surface area contributed by atoms with Crippen LogP contribution in [0.15, 0.2) is 30.6 Å². The molecule has 3 heterocycles. The minimum atomic E-state index is 0.123. The van der Waals surface area contributed by atoms with Crippen molar-refractivity contribution in [1.29, 1.82) is 0 Å². The Morgan fingerprint density at radius 1 is 1.29 bits per heavy atom. The fourth-order valence-electron chi connectivity index (χ4n) is 3.07. The van der Waals surface area contributed by atoms with E-state index in [1.54, 1.807) is 6.33 Å². The van der Waals surface area contributed by atoms with E-state index >= 15 is 0 Å². The van der Waals surface area contributed by atoms with Crippen molar-refractivity contribution in [3.8, 4) is 0 Å². The molecule has 1 aliphatic rings. The van der Waals surface area contributed by atoms with Gasteiger partial charge in [-0.05, 0) is 31.9 Å². The number of aliphatic hydroxyl groups is 1. The molecule has 1 atom stereocenters. The van der Waals surface area contributed by atoms with E-state index in [4.69, 9.17) is 4.98 Å². The van der Waals surface area contributed by atoms with Gasteiger partial charge >= 0.3 is 0 Å². The molecular weight excluding hydrogens is 322 g/mol. The zero-order valence-electron chi connectivity index (χ0n) is 13.4. The molecule has 3 aromatic rings. The van der Waals surface area contributed by atoms with Gasteiger partial charge in [0.25, 0.3) is 0 Å². The lowest BCUT2D eigenvalue weighted by Crippen LogP contribution is -2.32. The lowest BCUT2D eigenvalue weighted by molar-refractivity contribution is 0.266. The molecule has 6 nitrogen and oxygen atoms in total. The quantitative estimate of drug-likeness (QED) is 0.759. The largest absolute Gasteiger partial charge is 0.394 e. The van der Waals surface area contributed by atoms with Crippen LogP contribution in [0.25, 0.3) is 10.3 Å². The molecule has 124 valence electrons. The Balaban J connectivity index is 1.68. The molecule has 1 fully saturated rings. The summed E-state index contributed by atoms with van der Waals surface area (Å²) in [6.07, 6.45) is 3.63. The fraction of sp³-hybridized carbons (Fsp3) is 0.353. The van der Waals surface area contributed by atoms with Gasteiger partial charge < -0.3 is 15.3 Å². The monoisotopic (exact) mass is 341 g/mol. The number of hydrogen-bond donors (Lipinski definition) is 2. The molecule has 0 aliphatic carbocycles. The second kappa shape index (κ2) is 6.33. The zero-order valence-corrected chi connectivity index (χ0v) is 14.3. The number of thiazole rings is 1. The van der Waals surface area contributed by atoms with E-state index in [-0.39, 0.29) is 12.6 Å². The average Bonchev–Trinajstić information content (AvgIpc) is 3.22. The number of benzene rings is 1. The van der Waals surface area contributed by atoms with E-state index in [0.29, 0.717) is 0 Å². The number of anilines is 3. The Bertz CT molecular complexity index is 848. The summed E-state index contributed by atoms with van der Waals surface area (Å²) in [5.74, 6) is 0.824. The number of nitrogens with one attached hydrogen (secondary N) is 1. The van der Waals surface area contributed by atoms with Gasteiger partial charge in [0.15, 0.2) is 15.8 Å². The third-order valence-electron chi connectivity index (χ3n) is 4.34. The van der Waals surface area contributed by atoms with Crippen LogP contribution in [0.4, 0.5) is 16.6 Å². The summed E-state index contributed by atoms with van der Waals surface area (Å²) in [6.45, 7) is 3.11. The van der Waals surface area contributed by atoms with Crippen LogP contribution in [0, 0.1) is 6.92 Å². The molecule has 1 saturated heterocycles. The fourth-order valence-corrected chi connectivity index (χ4v) is 3.89. The minimum absolute atomic E-state index is 0.123. The summed E-state index contributed by atoms with van der Waals surface area (Å²) in [5.41, 5.74) is 3.03. The summed E-state index contributed by atoms with van der Waals surface area (Å²) < 4.78 is 0. The first kappa shape index (κ1) is 15.3. The number of nitrogens with zero attached hydrogens (tertiary/aromatic N) is 4. The second-order valence-electron chi connectivity index (χ2n) is 6.03. The van der Waals surface area contributed by atoms with E-state index in [0.717, 1.165) is 46.4 Å². The molecule has 2 aromatic heterocycles. The van der Waals surface area contributed by atoms with Crippen molar-refractivity contribution in [3.63, 3.8) is 0 Å². The molecule has 1 aromatic carbocycles. The predicted octanol–water partition coefficient (Wildman–Crippen LogP) is 3.10. The molecule has 0 bridgehead atoms. The van der Waals surface area contributed by atoms with Gasteiger partial charge in [-0.1, -0.05) is 29.0 Å². The molecule has 2 N–H and O–H groups in total. The number of aromatic nitrogens is 3. The highest BCUT2D eigenvalue weighted by atomic mass is 32.1. The van der Waals surface area contributed by atoms with Crippen molar-refractivity contribution in [2.45, 2.75) is 25.8 Å². The predicted molar refractivity (Wildman–Crippen MR) is 97.1 cm³/mol. The van der Waals surface area contributed by atoms with Crippen LogP contribution in [0.2, 0.25) is 0 Å². The van der Waals surface area contributed by atoms with Gasteiger partial charge in [-0.2, -0.15) is 0 Å². The van der Waals surface area contributed by atoms with E-state index in [1.165, 1.54) is 16.9 Å². The van der Waals surface area contributed by atoms with Gasteiger partial charge in [-0.25, -0.2) is 15.0 Å². The van der Waals surface area contributed by atoms with Crippen LogP contribution < -0.4 is 10.2 Å². The standard InChI is InChI=1S/C17H19N5OS/c1-11-4-6-12(7-5-11)20-17-21-14-15(18-10-19-16(14)24-17)22-8-2-3-13(22)9-23/h4-7,10,13,23H,2-3,8-9H2,1H3,(H,20,21)/t13-/m0/s1. The van der Waals surface area contributed by atoms with E-state index < -0.39 is 0 Å². The number of hydrogen-bond acceptors (Lipinski definition) is 7. The van der Waals surface area contributed by atoms with Crippen LogP contribution in [-0.2, 0) is 0 Å². The number of rotatable bonds is 4. The Labute approximate surface area is 144 Å². The maximum Gasteiger partial charge on any atom is 0.189 e. The van der Waals surface area contributed by atoms with Crippen LogP contribution in [0.1, 0.15) is 18.4 Å². The van der Waals surface area contributed by atoms with Gasteiger partial charge in [-0.3, -0.25) is 0 Å². The molecular formula is C17H19N5OS. The van der Waals surface area contributed by atoms with Gasteiger partial charge in [0, 0.05) is 12.2 Å². The molecule has 4 rings (SSSR count). The van der Waals surface area contributed by atoms with Crippen molar-refractivity contribution >= 4 is 38.3 Å². The van der Waals surface area contributed by atoms with Crippen molar-refractivity contribution in [2.24, 2.45) is 0 Å². The third kappa shape index (κ3) is 2.81. The molecule has 0 amide bonds. The van der Waals surface area contributed by atoms with Crippen molar-refractivity contribution in [3.05, 3.63) is 36.2 Å². The third-order valence-corrected chi connectivity index (χ3v) is 5.22. The first-order valence-electron chi connectivity index (χ1n) is 8.07. The Hall–Kier alpha value is -2.25. The van der Waals surface area contributed by atoms with E-state index in [2.05, 4.69) is 39.2 Å². The van der Waals surface area contributed by atoms with Gasteiger partial charge in [0.2, 0.25) is 0 Å². The normalized spacial score (nSPS) is 17.6. The maximum absolute atomic E-state index is 9.58. The molecule has 0 spiro atoms. The smallest absolute Gasteiger partial charge is 0.189 e. The molecule has 1 aliphatic heterocycles. The molecule has 0 saturated carbocycles. The summed E-state index contributed by atoms with van der Waals surface area (Å²) >= 11 is 1.52. The lowest BCUT2D eigenvalue weighted by Gasteiger charge is -2.23. The first-order valence-corrected chi connectivity index (χ1v) is 8.89. The highest BCUT2D eigenvalue weighted by Gasteiger charge is 2.27. The van der Waals surface area contributed by atoms with Crippen LogP contribution in [0.3, 0.4) is 0 Å². The summed E-state index contributed by atoms with van der Waals surface area (Å²) in [4.78, 5) is 16.5. The van der Waals surface area contributed by atoms with Gasteiger partial charge in [0.1, 0.15) is 11.8 Å². The SMILES string of the molecule is Cc1ccc(Nc2nc3c(N4CCC[C@H]4CO)ncnc3s2)cc1.